The molecule has 0 saturated carbocycles. The number of thiazole rings is 1. The van der Waals surface area contributed by atoms with Gasteiger partial charge in [0.1, 0.15) is 5.52 Å². The van der Waals surface area contributed by atoms with Crippen molar-refractivity contribution in [3.8, 4) is 0 Å². The molecule has 0 bridgehead atoms. The lowest BCUT2D eigenvalue weighted by Gasteiger charge is -2.10. The van der Waals surface area contributed by atoms with Gasteiger partial charge in [0.25, 0.3) is 0 Å². The van der Waals surface area contributed by atoms with Crippen LogP contribution in [-0.2, 0) is 0 Å². The number of fused-ring (bicyclic) bond motifs is 1. The molecule has 0 amide bonds. The highest BCUT2D eigenvalue weighted by Crippen LogP contribution is 2.31. The molecule has 0 aromatic carbocycles. The van der Waals surface area contributed by atoms with Crippen LogP contribution in [0.25, 0.3) is 10.2 Å². The van der Waals surface area contributed by atoms with E-state index in [1.54, 1.807) is 11.3 Å². The lowest BCUT2D eigenvalue weighted by molar-refractivity contribution is 0.687. The lowest BCUT2D eigenvalue weighted by Crippen LogP contribution is -2.03. The van der Waals surface area contributed by atoms with E-state index in [0.29, 0.717) is 11.8 Å². The van der Waals surface area contributed by atoms with Gasteiger partial charge in [-0.2, -0.15) is 10.2 Å². The minimum absolute atomic E-state index is 0.378. The molecule has 0 aliphatic carbocycles. The van der Waals surface area contributed by atoms with E-state index in [1.807, 2.05) is 5.51 Å². The molecule has 0 spiro atoms. The normalized spacial score (nSPS) is 13.6. The van der Waals surface area contributed by atoms with E-state index in [9.17, 15) is 0 Å². The van der Waals surface area contributed by atoms with Gasteiger partial charge in [0, 0.05) is 5.92 Å². The molecule has 0 aliphatic rings. The van der Waals surface area contributed by atoms with Gasteiger partial charge < -0.3 is 0 Å². The predicted molar refractivity (Wildman–Crippen MR) is 68.0 cm³/mol. The van der Waals surface area contributed by atoms with Crippen LogP contribution in [0.15, 0.2) is 5.51 Å². The predicted octanol–water partition coefficient (Wildman–Crippen LogP) is 3.72. The van der Waals surface area contributed by atoms with Crippen LogP contribution in [0.3, 0.4) is 0 Å². The van der Waals surface area contributed by atoms with Crippen molar-refractivity contribution in [2.24, 2.45) is 0 Å². The summed E-state index contributed by atoms with van der Waals surface area (Å²) in [4.78, 5) is 4.43. The number of aromatic nitrogens is 3. The van der Waals surface area contributed by atoms with Gasteiger partial charge >= 0.3 is 0 Å². The van der Waals surface area contributed by atoms with E-state index in [4.69, 9.17) is 0 Å². The Kier molecular flexibility index (Phi) is 3.19. The summed E-state index contributed by atoms with van der Waals surface area (Å²) in [6, 6.07) is 0. The second-order valence-electron chi connectivity index (χ2n) is 4.46. The van der Waals surface area contributed by atoms with Crippen molar-refractivity contribution in [2.45, 2.75) is 46.0 Å². The Morgan fingerprint density at radius 1 is 1.19 bits per heavy atom. The number of nitrogens with zero attached hydrogens (tertiary/aromatic N) is 3. The van der Waals surface area contributed by atoms with Crippen molar-refractivity contribution in [3.05, 3.63) is 16.9 Å². The molecule has 2 heterocycles. The maximum absolute atomic E-state index is 4.43. The zero-order valence-corrected chi connectivity index (χ0v) is 11.0. The Morgan fingerprint density at radius 2 is 1.88 bits per heavy atom. The van der Waals surface area contributed by atoms with Gasteiger partial charge in [-0.25, -0.2) is 4.98 Å². The van der Waals surface area contributed by atoms with Gasteiger partial charge in [-0.05, 0) is 12.3 Å². The first kappa shape index (κ1) is 11.5. The molecule has 0 fully saturated rings. The molecule has 2 rings (SSSR count). The van der Waals surface area contributed by atoms with Gasteiger partial charge in [-0.3, -0.25) is 0 Å². The van der Waals surface area contributed by atoms with Crippen LogP contribution in [0.2, 0.25) is 0 Å². The smallest absolute Gasteiger partial charge is 0.107 e. The fourth-order valence-electron chi connectivity index (χ4n) is 1.72. The van der Waals surface area contributed by atoms with Crippen LogP contribution >= 0.6 is 11.3 Å². The van der Waals surface area contributed by atoms with E-state index in [1.165, 1.54) is 4.70 Å². The van der Waals surface area contributed by atoms with Gasteiger partial charge in [-0.15, -0.1) is 11.3 Å². The van der Waals surface area contributed by atoms with E-state index in [-0.39, 0.29) is 0 Å². The molecule has 2 aromatic rings. The minimum atomic E-state index is 0.378. The van der Waals surface area contributed by atoms with Crippen molar-refractivity contribution >= 4 is 21.6 Å². The van der Waals surface area contributed by atoms with Crippen molar-refractivity contribution in [1.29, 1.82) is 0 Å². The summed E-state index contributed by atoms with van der Waals surface area (Å²) in [7, 11) is 0. The second kappa shape index (κ2) is 4.45. The molecule has 0 saturated heterocycles. The minimum Gasteiger partial charge on any atom is -0.243 e. The van der Waals surface area contributed by atoms with Crippen LogP contribution in [0.4, 0.5) is 0 Å². The van der Waals surface area contributed by atoms with Crippen LogP contribution in [0, 0.1) is 0 Å². The molecule has 1 atom stereocenters. The maximum atomic E-state index is 4.43. The van der Waals surface area contributed by atoms with E-state index < -0.39 is 0 Å². The highest BCUT2D eigenvalue weighted by atomic mass is 32.1. The Balaban J connectivity index is 2.63. The van der Waals surface area contributed by atoms with Crippen molar-refractivity contribution in [2.75, 3.05) is 0 Å². The topological polar surface area (TPSA) is 38.7 Å². The third-order valence-corrected chi connectivity index (χ3v) is 3.78. The fraction of sp³-hybridized carbons (Fsp3) is 0.583. The Labute approximate surface area is 99.9 Å². The highest BCUT2D eigenvalue weighted by Gasteiger charge is 2.17. The Bertz CT molecular complexity index is 490. The van der Waals surface area contributed by atoms with Gasteiger partial charge in [0.2, 0.25) is 0 Å². The van der Waals surface area contributed by atoms with Crippen molar-refractivity contribution in [1.82, 2.24) is 15.2 Å². The summed E-state index contributed by atoms with van der Waals surface area (Å²) in [5, 5.41) is 8.73. The van der Waals surface area contributed by atoms with E-state index in [2.05, 4.69) is 42.9 Å². The average Bonchev–Trinajstić information content (AvgIpc) is 2.75. The molecule has 0 aliphatic heterocycles. The first-order valence-corrected chi connectivity index (χ1v) is 6.62. The number of hydrogen-bond donors (Lipinski definition) is 0. The molecular formula is C12H17N3S. The van der Waals surface area contributed by atoms with E-state index >= 15 is 0 Å². The van der Waals surface area contributed by atoms with Crippen molar-refractivity contribution < 1.29 is 0 Å². The molecule has 2 aromatic heterocycles. The number of rotatable bonds is 3. The lowest BCUT2D eigenvalue weighted by atomic mass is 10.0. The van der Waals surface area contributed by atoms with Crippen molar-refractivity contribution in [3.63, 3.8) is 0 Å². The first-order chi connectivity index (χ1) is 7.65. The summed E-state index contributed by atoms with van der Waals surface area (Å²) < 4.78 is 1.22. The van der Waals surface area contributed by atoms with Gasteiger partial charge in [0.05, 0.1) is 21.6 Å². The first-order valence-electron chi connectivity index (χ1n) is 5.74. The van der Waals surface area contributed by atoms with Gasteiger partial charge in [-0.1, -0.05) is 27.7 Å². The molecule has 0 radical (unpaired) electrons. The SMILES string of the molecule is CCC(C)c1nnc(C(C)C)c2ncsc12. The molecule has 1 unspecified atom stereocenters. The second-order valence-corrected chi connectivity index (χ2v) is 5.32. The summed E-state index contributed by atoms with van der Waals surface area (Å²) in [5.41, 5.74) is 5.06. The van der Waals surface area contributed by atoms with E-state index in [0.717, 1.165) is 23.3 Å². The Morgan fingerprint density at radius 3 is 2.50 bits per heavy atom. The van der Waals surface area contributed by atoms with Crippen LogP contribution in [0.1, 0.15) is 57.3 Å². The molecule has 86 valence electrons. The molecular weight excluding hydrogens is 218 g/mol. The third-order valence-electron chi connectivity index (χ3n) is 2.93. The highest BCUT2D eigenvalue weighted by molar-refractivity contribution is 7.16. The summed E-state index contributed by atoms with van der Waals surface area (Å²) in [6.07, 6.45) is 1.09. The Hall–Kier alpha value is -1.03. The molecule has 0 N–H and O–H groups in total. The van der Waals surface area contributed by atoms with Gasteiger partial charge in [0.15, 0.2) is 0 Å². The summed E-state index contributed by atoms with van der Waals surface area (Å²) in [6.45, 7) is 8.63. The monoisotopic (exact) mass is 235 g/mol. The third kappa shape index (κ3) is 1.82. The zero-order chi connectivity index (χ0) is 11.7. The quantitative estimate of drug-likeness (QED) is 0.813. The summed E-state index contributed by atoms with van der Waals surface area (Å²) in [5.74, 6) is 0.833. The standard InChI is InChI=1S/C12H17N3S/c1-5-8(4)10-12-11(13-6-16-12)9(7(2)3)14-15-10/h6-8H,5H2,1-4H3. The number of hydrogen-bond acceptors (Lipinski definition) is 4. The van der Waals surface area contributed by atoms with Crippen LogP contribution in [0.5, 0.6) is 0 Å². The molecule has 16 heavy (non-hydrogen) atoms. The largest absolute Gasteiger partial charge is 0.243 e. The summed E-state index contributed by atoms with van der Waals surface area (Å²) >= 11 is 1.68. The fourth-order valence-corrected chi connectivity index (χ4v) is 2.61. The maximum Gasteiger partial charge on any atom is 0.107 e. The molecule has 3 nitrogen and oxygen atoms in total. The molecule has 4 heteroatoms. The van der Waals surface area contributed by atoms with Crippen LogP contribution < -0.4 is 0 Å². The van der Waals surface area contributed by atoms with Crippen LogP contribution in [-0.4, -0.2) is 15.2 Å². The average molecular weight is 235 g/mol. The zero-order valence-electron chi connectivity index (χ0n) is 10.2.